The predicted octanol–water partition coefficient (Wildman–Crippen LogP) is 0.643. The molecule has 0 heterocycles. The van der Waals surface area contributed by atoms with Crippen molar-refractivity contribution in [3.63, 3.8) is 0 Å². The zero-order valence-electron chi connectivity index (χ0n) is 11.3. The molecule has 0 aliphatic carbocycles. The summed E-state index contributed by atoms with van der Waals surface area (Å²) in [6.07, 6.45) is 0. The van der Waals surface area contributed by atoms with Crippen molar-refractivity contribution in [2.75, 3.05) is 20.3 Å². The maximum atomic E-state index is 12.2. The summed E-state index contributed by atoms with van der Waals surface area (Å²) >= 11 is 0. The molecule has 0 aromatic heterocycles. The van der Waals surface area contributed by atoms with Crippen LogP contribution >= 0.6 is 0 Å². The van der Waals surface area contributed by atoms with E-state index in [4.69, 9.17) is 9.84 Å². The first-order valence-electron chi connectivity index (χ1n) is 5.98. The van der Waals surface area contributed by atoms with Gasteiger partial charge in [0.1, 0.15) is 5.25 Å². The lowest BCUT2D eigenvalue weighted by Gasteiger charge is -2.12. The predicted molar refractivity (Wildman–Crippen MR) is 74.2 cm³/mol. The maximum absolute atomic E-state index is 12.2. The Hall–Kier alpha value is -1.73. The third kappa shape index (κ3) is 4.43. The van der Waals surface area contributed by atoms with E-state index in [2.05, 4.69) is 5.32 Å². The molecule has 2 atom stereocenters. The molecule has 0 fully saturated rings. The van der Waals surface area contributed by atoms with Gasteiger partial charge in [-0.15, -0.1) is 0 Å². The molecule has 0 radical (unpaired) electrons. The monoisotopic (exact) mass is 299 g/mol. The van der Waals surface area contributed by atoms with Crippen LogP contribution in [-0.4, -0.2) is 46.7 Å². The second-order valence-corrected chi connectivity index (χ2v) is 5.83. The van der Waals surface area contributed by atoms with Gasteiger partial charge < -0.3 is 15.2 Å². The average Bonchev–Trinajstić information content (AvgIpc) is 2.45. The van der Waals surface area contributed by atoms with E-state index in [1.165, 1.54) is 32.2 Å². The number of methoxy groups -OCH3 is 1. The fourth-order valence-electron chi connectivity index (χ4n) is 1.48. The highest BCUT2D eigenvalue weighted by Gasteiger charge is 2.21. The van der Waals surface area contributed by atoms with E-state index >= 15 is 0 Å². The Bertz CT molecular complexity index is 517. The molecule has 1 rings (SSSR count). The van der Waals surface area contributed by atoms with E-state index in [0.29, 0.717) is 18.0 Å². The Morgan fingerprint density at radius 2 is 2.15 bits per heavy atom. The Kier molecular flexibility index (Phi) is 6.33. The van der Waals surface area contributed by atoms with Gasteiger partial charge in [0, 0.05) is 18.6 Å². The van der Waals surface area contributed by atoms with Crippen LogP contribution in [0, 0.1) is 0 Å². The van der Waals surface area contributed by atoms with E-state index in [0.717, 1.165) is 0 Å². The number of carbonyl (C=O) groups excluding carboxylic acids is 1. The van der Waals surface area contributed by atoms with E-state index in [9.17, 15) is 13.8 Å². The summed E-state index contributed by atoms with van der Waals surface area (Å²) in [6, 6.07) is 5.78. The van der Waals surface area contributed by atoms with Gasteiger partial charge in [0.2, 0.25) is 5.91 Å². The van der Waals surface area contributed by atoms with Crippen molar-refractivity contribution >= 4 is 22.7 Å². The number of benzene rings is 1. The summed E-state index contributed by atoms with van der Waals surface area (Å²) in [5.74, 6) is -1.46. The van der Waals surface area contributed by atoms with Crippen LogP contribution < -0.4 is 5.32 Å². The third-order valence-corrected chi connectivity index (χ3v) is 4.18. The van der Waals surface area contributed by atoms with Crippen LogP contribution in [0.2, 0.25) is 0 Å². The summed E-state index contributed by atoms with van der Waals surface area (Å²) < 4.78 is 17.0. The number of aromatic carboxylic acids is 1. The molecule has 7 heteroatoms. The highest BCUT2D eigenvalue weighted by molar-refractivity contribution is 7.86. The van der Waals surface area contributed by atoms with E-state index < -0.39 is 22.0 Å². The van der Waals surface area contributed by atoms with Gasteiger partial charge in [0.25, 0.3) is 0 Å². The van der Waals surface area contributed by atoms with Crippen molar-refractivity contribution in [2.45, 2.75) is 17.1 Å². The summed E-state index contributed by atoms with van der Waals surface area (Å²) in [6.45, 7) is 2.25. The van der Waals surface area contributed by atoms with Crippen LogP contribution in [0.5, 0.6) is 0 Å². The number of carboxylic acid groups (broad SMARTS) is 1. The van der Waals surface area contributed by atoms with Crippen molar-refractivity contribution in [2.24, 2.45) is 0 Å². The summed E-state index contributed by atoms with van der Waals surface area (Å²) in [5.41, 5.74) is 0.0443. The number of hydrogen-bond acceptors (Lipinski definition) is 4. The highest BCUT2D eigenvalue weighted by atomic mass is 32.2. The highest BCUT2D eigenvalue weighted by Crippen LogP contribution is 2.14. The molecule has 0 saturated carbocycles. The standard InChI is InChI=1S/C13H17NO5S/c1-9(12(15)14-6-7-19-2)20(18)11-5-3-4-10(8-11)13(16)17/h3-5,8-9H,6-7H2,1-2H3,(H,14,15)(H,16,17). The first-order valence-corrected chi connectivity index (χ1v) is 7.19. The van der Waals surface area contributed by atoms with Gasteiger partial charge in [0.15, 0.2) is 0 Å². The smallest absolute Gasteiger partial charge is 0.335 e. The molecule has 6 nitrogen and oxygen atoms in total. The number of hydrogen-bond donors (Lipinski definition) is 2. The number of ether oxygens (including phenoxy) is 1. The van der Waals surface area contributed by atoms with Crippen molar-refractivity contribution < 1.29 is 23.6 Å². The lowest BCUT2D eigenvalue weighted by molar-refractivity contribution is -0.120. The molecule has 1 aromatic rings. The second kappa shape index (κ2) is 7.76. The van der Waals surface area contributed by atoms with Gasteiger partial charge >= 0.3 is 5.97 Å². The minimum Gasteiger partial charge on any atom is -0.478 e. The Balaban J connectivity index is 2.76. The molecule has 0 saturated heterocycles. The minimum absolute atomic E-state index is 0.0443. The second-order valence-electron chi connectivity index (χ2n) is 4.06. The molecule has 0 bridgehead atoms. The van der Waals surface area contributed by atoms with Gasteiger partial charge in [-0.1, -0.05) is 6.07 Å². The molecular weight excluding hydrogens is 282 g/mol. The van der Waals surface area contributed by atoms with Crippen LogP contribution in [0.4, 0.5) is 0 Å². The largest absolute Gasteiger partial charge is 0.478 e. The minimum atomic E-state index is -1.61. The van der Waals surface area contributed by atoms with Crippen molar-refractivity contribution in [3.05, 3.63) is 29.8 Å². The van der Waals surface area contributed by atoms with Gasteiger partial charge in [-0.2, -0.15) is 0 Å². The molecule has 2 N–H and O–H groups in total. The third-order valence-electron chi connectivity index (χ3n) is 2.61. The van der Waals surface area contributed by atoms with Crippen LogP contribution in [0.15, 0.2) is 29.2 Å². The fourth-order valence-corrected chi connectivity index (χ4v) is 2.62. The SMILES string of the molecule is COCCNC(=O)C(C)S(=O)c1cccc(C(=O)O)c1. The van der Waals surface area contributed by atoms with E-state index in [1.807, 2.05) is 0 Å². The maximum Gasteiger partial charge on any atom is 0.335 e. The van der Waals surface area contributed by atoms with Crippen molar-refractivity contribution in [1.82, 2.24) is 5.32 Å². The number of carbonyl (C=O) groups is 2. The van der Waals surface area contributed by atoms with Gasteiger partial charge in [-0.3, -0.25) is 9.00 Å². The molecule has 0 aliphatic heterocycles. The quantitative estimate of drug-likeness (QED) is 0.721. The molecule has 0 aliphatic rings. The fraction of sp³-hybridized carbons (Fsp3) is 0.385. The summed E-state index contributed by atoms with van der Waals surface area (Å²) in [4.78, 5) is 23.0. The molecular formula is C13H17NO5S. The van der Waals surface area contributed by atoms with Crippen molar-refractivity contribution in [1.29, 1.82) is 0 Å². The van der Waals surface area contributed by atoms with E-state index in [1.54, 1.807) is 6.07 Å². The van der Waals surface area contributed by atoms with Gasteiger partial charge in [0.05, 0.1) is 23.0 Å². The Labute approximate surface area is 119 Å². The number of carboxylic acids is 1. The number of rotatable bonds is 7. The van der Waals surface area contributed by atoms with Crippen LogP contribution in [-0.2, 0) is 20.3 Å². The first kappa shape index (κ1) is 16.3. The van der Waals surface area contributed by atoms with Crippen LogP contribution in [0.25, 0.3) is 0 Å². The normalized spacial score (nSPS) is 13.5. The number of nitrogens with one attached hydrogen (secondary N) is 1. The van der Waals surface area contributed by atoms with Crippen LogP contribution in [0.1, 0.15) is 17.3 Å². The number of amides is 1. The van der Waals surface area contributed by atoms with Crippen molar-refractivity contribution in [3.8, 4) is 0 Å². The van der Waals surface area contributed by atoms with E-state index in [-0.39, 0.29) is 11.5 Å². The first-order chi connectivity index (χ1) is 9.47. The summed E-state index contributed by atoms with van der Waals surface area (Å²) in [7, 11) is -0.0877. The Morgan fingerprint density at radius 1 is 1.45 bits per heavy atom. The topological polar surface area (TPSA) is 92.7 Å². The average molecular weight is 299 g/mol. The molecule has 2 unspecified atom stereocenters. The zero-order valence-corrected chi connectivity index (χ0v) is 12.1. The lowest BCUT2D eigenvalue weighted by atomic mass is 10.2. The molecule has 1 amide bonds. The molecule has 1 aromatic carbocycles. The summed E-state index contributed by atoms with van der Waals surface area (Å²) in [5, 5.41) is 10.7. The molecule has 20 heavy (non-hydrogen) atoms. The molecule has 0 spiro atoms. The Morgan fingerprint density at radius 3 is 2.75 bits per heavy atom. The van der Waals surface area contributed by atoms with Gasteiger partial charge in [-0.25, -0.2) is 4.79 Å². The van der Waals surface area contributed by atoms with Crippen LogP contribution in [0.3, 0.4) is 0 Å². The lowest BCUT2D eigenvalue weighted by Crippen LogP contribution is -2.37. The van der Waals surface area contributed by atoms with Gasteiger partial charge in [-0.05, 0) is 25.1 Å². The molecule has 110 valence electrons. The zero-order chi connectivity index (χ0) is 15.1.